The largest absolute Gasteiger partial charge is 0.490 e. The van der Waals surface area contributed by atoms with Gasteiger partial charge in [-0.15, -0.1) is 0 Å². The third-order valence-corrected chi connectivity index (χ3v) is 3.13. The van der Waals surface area contributed by atoms with Crippen LogP contribution in [0.3, 0.4) is 0 Å². The van der Waals surface area contributed by atoms with Gasteiger partial charge in [-0.2, -0.15) is 0 Å². The van der Waals surface area contributed by atoms with Gasteiger partial charge in [-0.3, -0.25) is 0 Å². The van der Waals surface area contributed by atoms with Crippen LogP contribution in [-0.2, 0) is 6.54 Å². The maximum absolute atomic E-state index is 12.9. The van der Waals surface area contributed by atoms with Gasteiger partial charge in [0.2, 0.25) is 0 Å². The fourth-order valence-corrected chi connectivity index (χ4v) is 2.10. The summed E-state index contributed by atoms with van der Waals surface area (Å²) >= 11 is 5.88. The number of para-hydroxylation sites is 1. The van der Waals surface area contributed by atoms with E-state index in [1.807, 2.05) is 31.3 Å². The van der Waals surface area contributed by atoms with Gasteiger partial charge in [0.05, 0.1) is 5.02 Å². The van der Waals surface area contributed by atoms with Crippen LogP contribution in [0.15, 0.2) is 42.5 Å². The van der Waals surface area contributed by atoms with Crippen molar-refractivity contribution >= 4 is 11.6 Å². The minimum atomic E-state index is -0.385. The molecule has 21 heavy (non-hydrogen) atoms. The highest BCUT2D eigenvalue weighted by atomic mass is 35.5. The van der Waals surface area contributed by atoms with Gasteiger partial charge >= 0.3 is 0 Å². The Morgan fingerprint density at radius 2 is 1.76 bits per heavy atom. The van der Waals surface area contributed by atoms with E-state index in [0.717, 1.165) is 17.9 Å². The second-order valence-electron chi connectivity index (χ2n) is 4.41. The maximum Gasteiger partial charge on any atom is 0.138 e. The van der Waals surface area contributed by atoms with Crippen LogP contribution in [0.4, 0.5) is 4.39 Å². The highest BCUT2D eigenvalue weighted by Gasteiger charge is 2.04. The SMILES string of the molecule is CNCc1ccccc1OCCOc1ccc(F)cc1Cl. The molecule has 0 aliphatic carbocycles. The van der Waals surface area contributed by atoms with Crippen LogP contribution in [0.1, 0.15) is 5.56 Å². The number of hydrogen-bond donors (Lipinski definition) is 1. The highest BCUT2D eigenvalue weighted by Crippen LogP contribution is 2.24. The summed E-state index contributed by atoms with van der Waals surface area (Å²) in [6, 6.07) is 11.8. The summed E-state index contributed by atoms with van der Waals surface area (Å²) in [5, 5.41) is 3.34. The molecule has 3 nitrogen and oxygen atoms in total. The lowest BCUT2D eigenvalue weighted by Gasteiger charge is -2.12. The summed E-state index contributed by atoms with van der Waals surface area (Å²) in [5.74, 6) is 0.885. The molecule has 0 spiro atoms. The lowest BCUT2D eigenvalue weighted by molar-refractivity contribution is 0.215. The first-order chi connectivity index (χ1) is 10.2. The van der Waals surface area contributed by atoms with Crippen molar-refractivity contribution in [2.24, 2.45) is 0 Å². The molecular formula is C16H17ClFNO2. The standard InChI is InChI=1S/C16H17ClFNO2/c1-19-11-12-4-2-3-5-15(12)20-8-9-21-16-7-6-13(18)10-14(16)17/h2-7,10,19H,8-9,11H2,1H3. The van der Waals surface area contributed by atoms with Crippen LogP contribution in [-0.4, -0.2) is 20.3 Å². The van der Waals surface area contributed by atoms with Gasteiger partial charge in [0.25, 0.3) is 0 Å². The van der Waals surface area contributed by atoms with E-state index in [1.54, 1.807) is 0 Å². The van der Waals surface area contributed by atoms with Crippen LogP contribution in [0.2, 0.25) is 5.02 Å². The van der Waals surface area contributed by atoms with E-state index in [9.17, 15) is 4.39 Å². The lowest BCUT2D eigenvalue weighted by Crippen LogP contribution is -2.12. The Bertz CT molecular complexity index is 592. The zero-order valence-corrected chi connectivity index (χ0v) is 12.5. The van der Waals surface area contributed by atoms with E-state index in [-0.39, 0.29) is 10.8 Å². The van der Waals surface area contributed by atoms with Gasteiger partial charge in [-0.25, -0.2) is 4.39 Å². The topological polar surface area (TPSA) is 30.5 Å². The van der Waals surface area contributed by atoms with Crippen molar-refractivity contribution in [3.63, 3.8) is 0 Å². The summed E-state index contributed by atoms with van der Waals surface area (Å²) in [6.45, 7) is 1.45. The summed E-state index contributed by atoms with van der Waals surface area (Å²) in [6.07, 6.45) is 0. The Morgan fingerprint density at radius 1 is 1.05 bits per heavy atom. The number of rotatable bonds is 7. The molecule has 0 radical (unpaired) electrons. The number of benzene rings is 2. The van der Waals surface area contributed by atoms with Crippen molar-refractivity contribution < 1.29 is 13.9 Å². The molecule has 0 aliphatic heterocycles. The summed E-state index contributed by atoms with van der Waals surface area (Å²) in [5.41, 5.74) is 1.08. The molecule has 2 aromatic carbocycles. The monoisotopic (exact) mass is 309 g/mol. The van der Waals surface area contributed by atoms with Crippen LogP contribution >= 0.6 is 11.6 Å². The minimum Gasteiger partial charge on any atom is -0.490 e. The van der Waals surface area contributed by atoms with E-state index < -0.39 is 0 Å². The van der Waals surface area contributed by atoms with Gasteiger partial charge in [0.1, 0.15) is 30.5 Å². The third-order valence-electron chi connectivity index (χ3n) is 2.83. The van der Waals surface area contributed by atoms with Crippen LogP contribution in [0.5, 0.6) is 11.5 Å². The fourth-order valence-electron chi connectivity index (χ4n) is 1.88. The smallest absolute Gasteiger partial charge is 0.138 e. The van der Waals surface area contributed by atoms with Gasteiger partial charge in [0, 0.05) is 12.1 Å². The molecule has 0 aromatic heterocycles. The molecule has 0 amide bonds. The number of nitrogens with one attached hydrogen (secondary N) is 1. The lowest BCUT2D eigenvalue weighted by atomic mass is 10.2. The number of ether oxygens (including phenoxy) is 2. The zero-order chi connectivity index (χ0) is 15.1. The van der Waals surface area contributed by atoms with Crippen molar-refractivity contribution in [2.45, 2.75) is 6.54 Å². The van der Waals surface area contributed by atoms with Gasteiger partial charge in [0.15, 0.2) is 0 Å². The van der Waals surface area contributed by atoms with Crippen molar-refractivity contribution in [1.29, 1.82) is 0 Å². The van der Waals surface area contributed by atoms with Gasteiger partial charge in [-0.05, 0) is 31.3 Å². The molecule has 5 heteroatoms. The Balaban J connectivity index is 1.84. The number of halogens is 2. The molecule has 0 bridgehead atoms. The summed E-state index contributed by atoms with van der Waals surface area (Å²) in [7, 11) is 1.89. The molecule has 0 saturated carbocycles. The minimum absolute atomic E-state index is 0.255. The average Bonchev–Trinajstić information content (AvgIpc) is 2.47. The maximum atomic E-state index is 12.9. The number of hydrogen-bond acceptors (Lipinski definition) is 3. The Labute approximate surface area is 128 Å². The second-order valence-corrected chi connectivity index (χ2v) is 4.82. The molecule has 0 unspecified atom stereocenters. The van der Waals surface area contributed by atoms with E-state index in [0.29, 0.717) is 19.0 Å². The normalized spacial score (nSPS) is 10.4. The van der Waals surface area contributed by atoms with Crippen molar-refractivity contribution in [3.8, 4) is 11.5 Å². The van der Waals surface area contributed by atoms with Gasteiger partial charge in [-0.1, -0.05) is 29.8 Å². The van der Waals surface area contributed by atoms with Gasteiger partial charge < -0.3 is 14.8 Å². The average molecular weight is 310 g/mol. The molecular weight excluding hydrogens is 293 g/mol. The summed E-state index contributed by atoms with van der Waals surface area (Å²) in [4.78, 5) is 0. The predicted molar refractivity (Wildman–Crippen MR) is 81.6 cm³/mol. The van der Waals surface area contributed by atoms with Crippen LogP contribution < -0.4 is 14.8 Å². The van der Waals surface area contributed by atoms with Crippen LogP contribution in [0, 0.1) is 5.82 Å². The fraction of sp³-hybridized carbons (Fsp3) is 0.250. The van der Waals surface area contributed by atoms with E-state index >= 15 is 0 Å². The van der Waals surface area contributed by atoms with E-state index in [2.05, 4.69) is 5.32 Å². The molecule has 0 saturated heterocycles. The van der Waals surface area contributed by atoms with Crippen molar-refractivity contribution in [1.82, 2.24) is 5.32 Å². The van der Waals surface area contributed by atoms with Crippen molar-refractivity contribution in [2.75, 3.05) is 20.3 Å². The molecule has 1 N–H and O–H groups in total. The third kappa shape index (κ3) is 4.62. The first-order valence-electron chi connectivity index (χ1n) is 6.64. The molecule has 2 rings (SSSR count). The highest BCUT2D eigenvalue weighted by molar-refractivity contribution is 6.32. The van der Waals surface area contributed by atoms with E-state index in [1.165, 1.54) is 18.2 Å². The van der Waals surface area contributed by atoms with Crippen LogP contribution in [0.25, 0.3) is 0 Å². The molecule has 112 valence electrons. The van der Waals surface area contributed by atoms with E-state index in [4.69, 9.17) is 21.1 Å². The molecule has 0 aliphatic rings. The molecule has 0 fully saturated rings. The molecule has 2 aromatic rings. The Hall–Kier alpha value is -1.78. The zero-order valence-electron chi connectivity index (χ0n) is 11.7. The molecule has 0 heterocycles. The first kappa shape index (κ1) is 15.6. The summed E-state index contributed by atoms with van der Waals surface area (Å²) < 4.78 is 24.1. The first-order valence-corrected chi connectivity index (χ1v) is 7.01. The predicted octanol–water partition coefficient (Wildman–Crippen LogP) is 3.66. The Morgan fingerprint density at radius 3 is 2.48 bits per heavy atom. The second kappa shape index (κ2) is 7.86. The molecule has 0 atom stereocenters. The van der Waals surface area contributed by atoms with Crippen molar-refractivity contribution in [3.05, 3.63) is 58.9 Å². The Kier molecular flexibility index (Phi) is 5.84. The quantitative estimate of drug-likeness (QED) is 0.792.